The van der Waals surface area contributed by atoms with E-state index in [9.17, 15) is 0 Å². The highest BCUT2D eigenvalue weighted by Crippen LogP contribution is 2.40. The predicted molar refractivity (Wildman–Crippen MR) is 325 cm³/mol. The highest BCUT2D eigenvalue weighted by molar-refractivity contribution is 6.15. The van der Waals surface area contributed by atoms with Crippen LogP contribution in [0.2, 0.25) is 0 Å². The van der Waals surface area contributed by atoms with Gasteiger partial charge in [-0.05, 0) is 198 Å². The van der Waals surface area contributed by atoms with Gasteiger partial charge in [-0.25, -0.2) is 0 Å². The van der Waals surface area contributed by atoms with Crippen LogP contribution < -0.4 is 0 Å². The second kappa shape index (κ2) is 19.2. The Morgan fingerprint density at radius 3 is 0.737 bits per heavy atom. The van der Waals surface area contributed by atoms with Gasteiger partial charge in [0.05, 0.1) is 0 Å². The molecule has 0 nitrogen and oxygen atoms in total. The van der Waals surface area contributed by atoms with Crippen molar-refractivity contribution in [2.45, 2.75) is 0 Å². The first-order valence-electron chi connectivity index (χ1n) is 26.3. The number of benzene rings is 14. The summed E-state index contributed by atoms with van der Waals surface area (Å²) in [6, 6.07) is 112. The third-order valence-electron chi connectivity index (χ3n) is 15.4. The van der Waals surface area contributed by atoms with Crippen molar-refractivity contribution in [2.75, 3.05) is 0 Å². The van der Waals surface area contributed by atoms with E-state index in [1.165, 1.54) is 143 Å². The van der Waals surface area contributed by atoms with Crippen molar-refractivity contribution in [3.8, 4) is 100 Å². The topological polar surface area (TPSA) is 0 Å². The number of hydrogen-bond acceptors (Lipinski definition) is 0. The molecule has 14 aromatic rings. The van der Waals surface area contributed by atoms with Crippen molar-refractivity contribution in [3.05, 3.63) is 303 Å². The van der Waals surface area contributed by atoms with Crippen LogP contribution in [0.3, 0.4) is 0 Å². The highest BCUT2D eigenvalue weighted by atomic mass is 14.2. The van der Waals surface area contributed by atoms with Gasteiger partial charge in [-0.2, -0.15) is 0 Å². The van der Waals surface area contributed by atoms with Gasteiger partial charge in [-0.15, -0.1) is 0 Å². The largest absolute Gasteiger partial charge is 0.0622 e. The summed E-state index contributed by atoms with van der Waals surface area (Å²) in [7, 11) is 0. The van der Waals surface area contributed by atoms with E-state index >= 15 is 0 Å². The van der Waals surface area contributed by atoms with Crippen molar-refractivity contribution in [3.63, 3.8) is 0 Å². The molecule has 0 N–H and O–H groups in total. The summed E-state index contributed by atoms with van der Waals surface area (Å²) in [4.78, 5) is 0. The minimum Gasteiger partial charge on any atom is -0.0622 e. The van der Waals surface area contributed by atoms with Crippen LogP contribution in [0.4, 0.5) is 0 Å². The van der Waals surface area contributed by atoms with Gasteiger partial charge in [0, 0.05) is 0 Å². The van der Waals surface area contributed by atoms with Crippen molar-refractivity contribution in [1.82, 2.24) is 0 Å². The normalized spacial score (nSPS) is 11.4. The molecule has 76 heavy (non-hydrogen) atoms. The summed E-state index contributed by atoms with van der Waals surface area (Å²) in [6.45, 7) is 0. The first kappa shape index (κ1) is 44.8. The standard InChI is InChI=1S/C76H50/c1-2-16-51(17-3-1)66-46-67(62-26-14-24-60(44-62)58-22-12-20-56(42-58)52-34-38-54(39-35-52)75-49-64-18-4-6-28-69(64)71-30-8-10-32-73(71)75)48-68(47-66)63-27-15-25-61(45-63)59-23-13-21-57(43-59)53-36-40-55(41-37-53)76-50-65-19-5-7-29-70(65)72-31-9-11-33-74(72)76/h1-50H. The molecule has 0 aliphatic rings. The predicted octanol–water partition coefficient (Wildman–Crippen LogP) is 21.3. The van der Waals surface area contributed by atoms with Crippen LogP contribution in [-0.4, -0.2) is 0 Å². The minimum absolute atomic E-state index is 1.18. The second-order valence-corrected chi connectivity index (χ2v) is 20.0. The number of hydrogen-bond donors (Lipinski definition) is 0. The van der Waals surface area contributed by atoms with E-state index in [1.807, 2.05) is 0 Å². The van der Waals surface area contributed by atoms with Crippen molar-refractivity contribution < 1.29 is 0 Å². The highest BCUT2D eigenvalue weighted by Gasteiger charge is 2.14. The van der Waals surface area contributed by atoms with Gasteiger partial charge in [0.25, 0.3) is 0 Å². The zero-order valence-corrected chi connectivity index (χ0v) is 41.9. The molecule has 0 unspecified atom stereocenters. The van der Waals surface area contributed by atoms with E-state index < -0.39 is 0 Å². The van der Waals surface area contributed by atoms with Crippen LogP contribution in [0.15, 0.2) is 303 Å². The summed E-state index contributed by atoms with van der Waals surface area (Å²) in [6.07, 6.45) is 0. The first-order valence-corrected chi connectivity index (χ1v) is 26.3. The van der Waals surface area contributed by atoms with Crippen LogP contribution >= 0.6 is 0 Å². The van der Waals surface area contributed by atoms with Crippen molar-refractivity contribution in [2.24, 2.45) is 0 Å². The van der Waals surface area contributed by atoms with Gasteiger partial charge in [-0.1, -0.05) is 249 Å². The van der Waals surface area contributed by atoms with Gasteiger partial charge in [0.1, 0.15) is 0 Å². The Labute approximate surface area is 444 Å². The van der Waals surface area contributed by atoms with Crippen LogP contribution in [-0.2, 0) is 0 Å². The molecular weight excluding hydrogens is 913 g/mol. The first-order chi connectivity index (χ1) is 37.6. The fourth-order valence-electron chi connectivity index (χ4n) is 11.5. The summed E-state index contributed by atoms with van der Waals surface area (Å²) in [5.41, 5.74) is 21.6. The third kappa shape index (κ3) is 8.43. The SMILES string of the molecule is c1ccc(-c2cc(-c3cccc(-c4cccc(-c5ccc(-c6cc7ccccc7c7ccccc67)cc5)c4)c3)cc(-c3cccc(-c4cccc(-c5ccc(-c6cc7ccccc7c7ccccc67)cc5)c4)c3)c2)cc1. The average Bonchev–Trinajstić information content (AvgIpc) is 3.51. The number of fused-ring (bicyclic) bond motifs is 6. The van der Waals surface area contributed by atoms with Gasteiger partial charge in [0.15, 0.2) is 0 Å². The molecule has 0 heteroatoms. The van der Waals surface area contributed by atoms with E-state index in [-0.39, 0.29) is 0 Å². The molecule has 0 fully saturated rings. The second-order valence-electron chi connectivity index (χ2n) is 20.0. The number of rotatable bonds is 9. The van der Waals surface area contributed by atoms with Crippen LogP contribution in [0, 0.1) is 0 Å². The third-order valence-corrected chi connectivity index (χ3v) is 15.4. The zero-order chi connectivity index (χ0) is 50.4. The quantitative estimate of drug-likeness (QED) is 0.126. The fraction of sp³-hybridized carbons (Fsp3) is 0. The molecule has 0 amide bonds. The minimum atomic E-state index is 1.18. The molecule has 0 atom stereocenters. The molecule has 0 aromatic heterocycles. The molecule has 0 saturated carbocycles. The molecular formula is C76H50. The van der Waals surface area contributed by atoms with Gasteiger partial charge < -0.3 is 0 Å². The smallest absolute Gasteiger partial charge is 0.00990 e. The summed E-state index contributed by atoms with van der Waals surface area (Å²) >= 11 is 0. The summed E-state index contributed by atoms with van der Waals surface area (Å²) < 4.78 is 0. The van der Waals surface area contributed by atoms with Gasteiger partial charge in [-0.3, -0.25) is 0 Å². The van der Waals surface area contributed by atoms with Crippen molar-refractivity contribution in [1.29, 1.82) is 0 Å². The maximum absolute atomic E-state index is 2.36. The van der Waals surface area contributed by atoms with Crippen LogP contribution in [0.5, 0.6) is 0 Å². The van der Waals surface area contributed by atoms with E-state index in [2.05, 4.69) is 303 Å². The van der Waals surface area contributed by atoms with E-state index in [0.29, 0.717) is 0 Å². The molecule has 0 aliphatic heterocycles. The molecule has 354 valence electrons. The fourth-order valence-corrected chi connectivity index (χ4v) is 11.5. The molecule has 0 heterocycles. The maximum atomic E-state index is 2.36. The van der Waals surface area contributed by atoms with Crippen LogP contribution in [0.25, 0.3) is 143 Å². The van der Waals surface area contributed by atoms with Gasteiger partial charge >= 0.3 is 0 Å². The lowest BCUT2D eigenvalue weighted by molar-refractivity contribution is 1.54. The maximum Gasteiger partial charge on any atom is -0.00990 e. The lowest BCUT2D eigenvalue weighted by atomic mass is 9.90. The monoisotopic (exact) mass is 962 g/mol. The lowest BCUT2D eigenvalue weighted by Gasteiger charge is -2.14. The molecule has 14 aromatic carbocycles. The van der Waals surface area contributed by atoms with Gasteiger partial charge in [0.2, 0.25) is 0 Å². The Morgan fingerprint density at radius 2 is 0.355 bits per heavy atom. The molecule has 0 radical (unpaired) electrons. The van der Waals surface area contributed by atoms with Crippen LogP contribution in [0.1, 0.15) is 0 Å². The molecule has 0 saturated heterocycles. The zero-order valence-electron chi connectivity index (χ0n) is 41.9. The lowest BCUT2D eigenvalue weighted by Crippen LogP contribution is -1.88. The van der Waals surface area contributed by atoms with E-state index in [4.69, 9.17) is 0 Å². The Balaban J connectivity index is 0.765. The Morgan fingerprint density at radius 1 is 0.118 bits per heavy atom. The average molecular weight is 963 g/mol. The summed E-state index contributed by atoms with van der Waals surface area (Å²) in [5, 5.41) is 10.2. The summed E-state index contributed by atoms with van der Waals surface area (Å²) in [5.74, 6) is 0. The Kier molecular flexibility index (Phi) is 11.3. The molecule has 0 aliphatic carbocycles. The van der Waals surface area contributed by atoms with E-state index in [1.54, 1.807) is 0 Å². The molecule has 0 bridgehead atoms. The van der Waals surface area contributed by atoms with Crippen molar-refractivity contribution >= 4 is 43.1 Å². The Hall–Kier alpha value is -9.88. The molecule has 14 rings (SSSR count). The molecule has 0 spiro atoms. The van der Waals surface area contributed by atoms with E-state index in [0.717, 1.165) is 0 Å². The Bertz CT molecular complexity index is 4220.